The van der Waals surface area contributed by atoms with Gasteiger partial charge in [0.15, 0.2) is 0 Å². The monoisotopic (exact) mass is 438 g/mol. The second kappa shape index (κ2) is 10.7. The predicted molar refractivity (Wildman–Crippen MR) is 120 cm³/mol. The van der Waals surface area contributed by atoms with E-state index in [2.05, 4.69) is 5.32 Å². The molecule has 160 valence electrons. The number of benzene rings is 3. The number of halogens is 2. The van der Waals surface area contributed by atoms with Crippen LogP contribution in [-0.2, 0) is 29.1 Å². The van der Waals surface area contributed by atoms with E-state index >= 15 is 0 Å². The van der Waals surface area contributed by atoms with Crippen molar-refractivity contribution in [3.05, 3.63) is 106 Å². The number of carbonyl (C=O) groups excluding carboxylic acids is 2. The van der Waals surface area contributed by atoms with Gasteiger partial charge in [0, 0.05) is 31.5 Å². The Morgan fingerprint density at radius 3 is 2.23 bits per heavy atom. The van der Waals surface area contributed by atoms with Crippen LogP contribution in [0.3, 0.4) is 0 Å². The van der Waals surface area contributed by atoms with Gasteiger partial charge < -0.3 is 10.2 Å². The quantitative estimate of drug-likeness (QED) is 0.551. The number of hydrogen-bond acceptors (Lipinski definition) is 2. The Morgan fingerprint density at radius 2 is 1.58 bits per heavy atom. The topological polar surface area (TPSA) is 49.4 Å². The van der Waals surface area contributed by atoms with Gasteiger partial charge in [0.05, 0.1) is 0 Å². The van der Waals surface area contributed by atoms with Crippen molar-refractivity contribution in [2.45, 2.75) is 32.5 Å². The summed E-state index contributed by atoms with van der Waals surface area (Å²) in [6.45, 7) is 1.89. The Balaban J connectivity index is 1.83. The van der Waals surface area contributed by atoms with E-state index in [1.807, 2.05) is 48.5 Å². The van der Waals surface area contributed by atoms with Gasteiger partial charge in [0.25, 0.3) is 0 Å². The Kier molecular flexibility index (Phi) is 7.79. The van der Waals surface area contributed by atoms with E-state index in [0.717, 1.165) is 16.7 Å². The molecule has 2 amide bonds. The number of nitrogens with one attached hydrogen (secondary N) is 1. The molecular weight excluding hydrogens is 415 g/mol. The molecule has 0 spiro atoms. The van der Waals surface area contributed by atoms with Gasteiger partial charge in [0.2, 0.25) is 11.8 Å². The standard InChI is InChI=1S/C25H24ClFN2O2/c1-18(30)29(17-20-11-13-22(27)14-12-20)24(15-19-7-3-2-4-8-19)25(31)28-16-21-9-5-6-10-23(21)26/h2-14,24H,15-17H2,1H3,(H,28,31)/t24-/m1/s1. The third kappa shape index (κ3) is 6.40. The maximum absolute atomic E-state index is 13.3. The summed E-state index contributed by atoms with van der Waals surface area (Å²) in [7, 11) is 0. The molecule has 0 saturated heterocycles. The molecule has 6 heteroatoms. The molecule has 3 rings (SSSR count). The molecule has 1 atom stereocenters. The van der Waals surface area contributed by atoms with Crippen LogP contribution in [0.1, 0.15) is 23.6 Å². The summed E-state index contributed by atoms with van der Waals surface area (Å²) < 4.78 is 13.3. The molecule has 0 aliphatic rings. The molecule has 0 aromatic heterocycles. The number of rotatable bonds is 8. The van der Waals surface area contributed by atoms with Gasteiger partial charge in [-0.15, -0.1) is 0 Å². The Labute approximate surface area is 186 Å². The smallest absolute Gasteiger partial charge is 0.243 e. The summed E-state index contributed by atoms with van der Waals surface area (Å²) >= 11 is 6.20. The highest BCUT2D eigenvalue weighted by Gasteiger charge is 2.28. The first kappa shape index (κ1) is 22.5. The van der Waals surface area contributed by atoms with Gasteiger partial charge in [-0.3, -0.25) is 9.59 Å². The van der Waals surface area contributed by atoms with E-state index < -0.39 is 6.04 Å². The first-order valence-electron chi connectivity index (χ1n) is 10.0. The van der Waals surface area contributed by atoms with Crippen molar-refractivity contribution in [2.75, 3.05) is 0 Å². The van der Waals surface area contributed by atoms with Crippen LogP contribution >= 0.6 is 11.6 Å². The van der Waals surface area contributed by atoms with Crippen molar-refractivity contribution >= 4 is 23.4 Å². The zero-order valence-electron chi connectivity index (χ0n) is 17.2. The minimum Gasteiger partial charge on any atom is -0.350 e. The molecule has 0 unspecified atom stereocenters. The Bertz CT molecular complexity index is 1030. The molecule has 0 saturated carbocycles. The zero-order valence-corrected chi connectivity index (χ0v) is 18.0. The van der Waals surface area contributed by atoms with Gasteiger partial charge >= 0.3 is 0 Å². The highest BCUT2D eigenvalue weighted by Crippen LogP contribution is 2.17. The van der Waals surface area contributed by atoms with Crippen LogP contribution in [0.15, 0.2) is 78.9 Å². The molecule has 4 nitrogen and oxygen atoms in total. The fourth-order valence-electron chi connectivity index (χ4n) is 3.35. The van der Waals surface area contributed by atoms with Crippen LogP contribution in [0.4, 0.5) is 4.39 Å². The molecule has 0 heterocycles. The first-order valence-corrected chi connectivity index (χ1v) is 10.4. The van der Waals surface area contributed by atoms with Crippen molar-refractivity contribution in [1.29, 1.82) is 0 Å². The normalized spacial score (nSPS) is 11.6. The molecule has 3 aromatic carbocycles. The maximum atomic E-state index is 13.3. The molecular formula is C25H24ClFN2O2. The molecule has 0 aliphatic heterocycles. The zero-order chi connectivity index (χ0) is 22.2. The van der Waals surface area contributed by atoms with E-state index in [1.54, 1.807) is 18.2 Å². The lowest BCUT2D eigenvalue weighted by molar-refractivity contribution is -0.139. The summed E-state index contributed by atoms with van der Waals surface area (Å²) in [5.74, 6) is -0.865. The third-order valence-corrected chi connectivity index (χ3v) is 5.40. The van der Waals surface area contributed by atoms with Gasteiger partial charge in [-0.25, -0.2) is 4.39 Å². The van der Waals surface area contributed by atoms with Crippen LogP contribution in [0.5, 0.6) is 0 Å². The molecule has 0 fully saturated rings. The Hall–Kier alpha value is -3.18. The summed E-state index contributed by atoms with van der Waals surface area (Å²) in [4.78, 5) is 27.3. The largest absolute Gasteiger partial charge is 0.350 e. The molecule has 31 heavy (non-hydrogen) atoms. The molecule has 0 radical (unpaired) electrons. The average Bonchev–Trinajstić information content (AvgIpc) is 2.77. The lowest BCUT2D eigenvalue weighted by Crippen LogP contribution is -2.49. The van der Waals surface area contributed by atoms with E-state index in [9.17, 15) is 14.0 Å². The highest BCUT2D eigenvalue weighted by atomic mass is 35.5. The van der Waals surface area contributed by atoms with Crippen LogP contribution < -0.4 is 5.32 Å². The van der Waals surface area contributed by atoms with Crippen molar-refractivity contribution < 1.29 is 14.0 Å². The van der Waals surface area contributed by atoms with E-state index in [4.69, 9.17) is 11.6 Å². The number of hydrogen-bond donors (Lipinski definition) is 1. The van der Waals surface area contributed by atoms with Gasteiger partial charge in [0.1, 0.15) is 11.9 Å². The first-order chi connectivity index (χ1) is 14.9. The lowest BCUT2D eigenvalue weighted by Gasteiger charge is -2.30. The summed E-state index contributed by atoms with van der Waals surface area (Å²) in [5, 5.41) is 3.48. The maximum Gasteiger partial charge on any atom is 0.243 e. The number of carbonyl (C=O) groups is 2. The number of nitrogens with zero attached hydrogens (tertiary/aromatic N) is 1. The van der Waals surface area contributed by atoms with Crippen molar-refractivity contribution in [3.63, 3.8) is 0 Å². The number of amides is 2. The van der Waals surface area contributed by atoms with Crippen LogP contribution in [0.2, 0.25) is 5.02 Å². The van der Waals surface area contributed by atoms with Crippen LogP contribution in [-0.4, -0.2) is 22.8 Å². The SMILES string of the molecule is CC(=O)N(Cc1ccc(F)cc1)[C@H](Cc1ccccc1)C(=O)NCc1ccccc1Cl. The lowest BCUT2D eigenvalue weighted by atomic mass is 10.0. The van der Waals surface area contributed by atoms with Crippen molar-refractivity contribution in [2.24, 2.45) is 0 Å². The highest BCUT2D eigenvalue weighted by molar-refractivity contribution is 6.31. The minimum absolute atomic E-state index is 0.201. The fraction of sp³-hybridized carbons (Fsp3) is 0.200. The summed E-state index contributed by atoms with van der Waals surface area (Å²) in [5.41, 5.74) is 2.48. The van der Waals surface area contributed by atoms with Crippen LogP contribution in [0, 0.1) is 5.82 Å². The van der Waals surface area contributed by atoms with E-state index in [0.29, 0.717) is 11.4 Å². The van der Waals surface area contributed by atoms with E-state index in [-0.39, 0.29) is 30.7 Å². The van der Waals surface area contributed by atoms with Gasteiger partial charge in [-0.1, -0.05) is 72.3 Å². The predicted octanol–water partition coefficient (Wildman–Crippen LogP) is 4.76. The average molecular weight is 439 g/mol. The Morgan fingerprint density at radius 1 is 0.935 bits per heavy atom. The van der Waals surface area contributed by atoms with Gasteiger partial charge in [-0.05, 0) is 34.9 Å². The molecule has 0 bridgehead atoms. The van der Waals surface area contributed by atoms with Crippen LogP contribution in [0.25, 0.3) is 0 Å². The second-order valence-corrected chi connectivity index (χ2v) is 7.70. The van der Waals surface area contributed by atoms with E-state index in [1.165, 1.54) is 24.0 Å². The summed E-state index contributed by atoms with van der Waals surface area (Å²) in [6.07, 6.45) is 0.357. The van der Waals surface area contributed by atoms with Crippen molar-refractivity contribution in [3.8, 4) is 0 Å². The van der Waals surface area contributed by atoms with Gasteiger partial charge in [-0.2, -0.15) is 0 Å². The molecule has 0 aliphatic carbocycles. The van der Waals surface area contributed by atoms with Crippen molar-refractivity contribution in [1.82, 2.24) is 10.2 Å². The molecule has 3 aromatic rings. The molecule has 1 N–H and O–H groups in total. The third-order valence-electron chi connectivity index (χ3n) is 5.03. The minimum atomic E-state index is -0.729. The second-order valence-electron chi connectivity index (χ2n) is 7.29. The fourth-order valence-corrected chi connectivity index (χ4v) is 3.55. The summed E-state index contributed by atoms with van der Waals surface area (Å²) in [6, 6.07) is 22.0.